The predicted octanol–water partition coefficient (Wildman–Crippen LogP) is -0.983. The Morgan fingerprint density at radius 2 is 2.15 bits per heavy atom. The first-order chi connectivity index (χ1) is 6.15. The summed E-state index contributed by atoms with van der Waals surface area (Å²) in [4.78, 5) is 3.86. The average molecular weight is 183 g/mol. The van der Waals surface area contributed by atoms with Crippen LogP contribution in [0, 0.1) is 0 Å². The summed E-state index contributed by atoms with van der Waals surface area (Å²) in [6.07, 6.45) is -0.611. The van der Waals surface area contributed by atoms with Gasteiger partial charge in [0.15, 0.2) is 0 Å². The largest absolute Gasteiger partial charge is 0.399 e. The first kappa shape index (κ1) is 9.91. The van der Waals surface area contributed by atoms with Crippen molar-refractivity contribution < 1.29 is 10.2 Å². The molecule has 0 bridgehead atoms. The zero-order valence-electron chi connectivity index (χ0n) is 7.09. The summed E-state index contributed by atoms with van der Waals surface area (Å²) < 4.78 is 0. The third-order valence-corrected chi connectivity index (χ3v) is 1.71. The molecule has 2 atom stereocenters. The van der Waals surface area contributed by atoms with E-state index >= 15 is 0 Å². The van der Waals surface area contributed by atoms with Crippen LogP contribution in [0.15, 0.2) is 18.3 Å². The Hall–Kier alpha value is -1.17. The Kier molecular flexibility index (Phi) is 3.18. The predicted molar refractivity (Wildman–Crippen MR) is 48.7 cm³/mol. The van der Waals surface area contributed by atoms with Crippen molar-refractivity contribution >= 4 is 5.69 Å². The lowest BCUT2D eigenvalue weighted by atomic mass is 10.1. The lowest BCUT2D eigenvalue weighted by molar-refractivity contribution is 0.0218. The van der Waals surface area contributed by atoms with Gasteiger partial charge in [0, 0.05) is 18.4 Å². The van der Waals surface area contributed by atoms with Gasteiger partial charge in [0.2, 0.25) is 0 Å². The molecule has 0 aliphatic carbocycles. The molecule has 0 amide bonds. The summed E-state index contributed by atoms with van der Waals surface area (Å²) in [6.45, 7) is -0.0162. The topological polar surface area (TPSA) is 105 Å². The highest BCUT2D eigenvalue weighted by atomic mass is 16.3. The molecule has 0 aromatic carbocycles. The number of hydrogen-bond donors (Lipinski definition) is 4. The zero-order chi connectivity index (χ0) is 9.84. The number of aliphatic hydroxyl groups excluding tert-OH is 2. The van der Waals surface area contributed by atoms with E-state index in [1.165, 1.54) is 12.3 Å². The molecule has 1 aromatic heterocycles. The summed E-state index contributed by atoms with van der Waals surface area (Å²) in [7, 11) is 0. The molecule has 0 saturated heterocycles. The molecular weight excluding hydrogens is 170 g/mol. The number of nitrogens with zero attached hydrogens (tertiary/aromatic N) is 1. The molecule has 6 N–H and O–H groups in total. The maximum atomic E-state index is 9.47. The molecule has 0 aliphatic heterocycles. The van der Waals surface area contributed by atoms with Gasteiger partial charge in [-0.2, -0.15) is 0 Å². The van der Waals surface area contributed by atoms with E-state index in [0.717, 1.165) is 0 Å². The second-order valence-corrected chi connectivity index (χ2v) is 2.76. The van der Waals surface area contributed by atoms with Gasteiger partial charge >= 0.3 is 0 Å². The van der Waals surface area contributed by atoms with E-state index in [4.69, 9.17) is 11.5 Å². The number of aromatic nitrogens is 1. The van der Waals surface area contributed by atoms with E-state index < -0.39 is 12.2 Å². The lowest BCUT2D eigenvalue weighted by Gasteiger charge is -2.15. The zero-order valence-corrected chi connectivity index (χ0v) is 7.09. The van der Waals surface area contributed by atoms with Crippen LogP contribution in [-0.2, 0) is 0 Å². The van der Waals surface area contributed by atoms with Crippen molar-refractivity contribution in [2.45, 2.75) is 12.2 Å². The Bertz CT molecular complexity index is 280. The highest BCUT2D eigenvalue weighted by molar-refractivity contribution is 5.37. The molecule has 1 aromatic rings. The first-order valence-electron chi connectivity index (χ1n) is 3.92. The number of nitrogens with two attached hydrogens (primary N) is 2. The maximum Gasteiger partial charge on any atom is 0.123 e. The van der Waals surface area contributed by atoms with Gasteiger partial charge in [-0.15, -0.1) is 0 Å². The molecule has 0 aliphatic rings. The minimum absolute atomic E-state index is 0.0162. The molecule has 13 heavy (non-hydrogen) atoms. The van der Waals surface area contributed by atoms with Gasteiger partial charge in [0.25, 0.3) is 0 Å². The fourth-order valence-electron chi connectivity index (χ4n) is 0.953. The molecule has 0 saturated carbocycles. The number of pyridine rings is 1. The smallest absolute Gasteiger partial charge is 0.123 e. The second-order valence-electron chi connectivity index (χ2n) is 2.76. The van der Waals surface area contributed by atoms with Gasteiger partial charge < -0.3 is 21.7 Å². The highest BCUT2D eigenvalue weighted by Crippen LogP contribution is 2.15. The third kappa shape index (κ3) is 2.38. The van der Waals surface area contributed by atoms with E-state index in [1.807, 2.05) is 0 Å². The van der Waals surface area contributed by atoms with Gasteiger partial charge in [-0.25, -0.2) is 0 Å². The van der Waals surface area contributed by atoms with Crippen molar-refractivity contribution in [3.05, 3.63) is 24.0 Å². The Balaban J connectivity index is 2.82. The molecule has 0 fully saturated rings. The van der Waals surface area contributed by atoms with Crippen molar-refractivity contribution in [2.24, 2.45) is 5.73 Å². The number of anilines is 1. The Morgan fingerprint density at radius 1 is 1.46 bits per heavy atom. The highest BCUT2D eigenvalue weighted by Gasteiger charge is 2.17. The van der Waals surface area contributed by atoms with E-state index in [0.29, 0.717) is 11.4 Å². The van der Waals surface area contributed by atoms with Crippen LogP contribution in [0.3, 0.4) is 0 Å². The van der Waals surface area contributed by atoms with Crippen LogP contribution in [-0.4, -0.2) is 27.8 Å². The molecule has 0 radical (unpaired) electrons. The molecule has 1 rings (SSSR count). The van der Waals surface area contributed by atoms with Gasteiger partial charge in [-0.1, -0.05) is 0 Å². The van der Waals surface area contributed by atoms with Crippen LogP contribution >= 0.6 is 0 Å². The fourth-order valence-corrected chi connectivity index (χ4v) is 0.953. The first-order valence-corrected chi connectivity index (χ1v) is 3.92. The van der Waals surface area contributed by atoms with E-state index in [2.05, 4.69) is 4.98 Å². The maximum absolute atomic E-state index is 9.47. The van der Waals surface area contributed by atoms with Crippen LogP contribution < -0.4 is 11.5 Å². The lowest BCUT2D eigenvalue weighted by Crippen LogP contribution is -2.27. The van der Waals surface area contributed by atoms with Crippen molar-refractivity contribution in [3.8, 4) is 0 Å². The summed E-state index contributed by atoms with van der Waals surface area (Å²) >= 11 is 0. The van der Waals surface area contributed by atoms with Gasteiger partial charge in [-0.3, -0.25) is 4.98 Å². The van der Waals surface area contributed by atoms with E-state index in [9.17, 15) is 10.2 Å². The van der Waals surface area contributed by atoms with E-state index in [1.54, 1.807) is 6.07 Å². The van der Waals surface area contributed by atoms with Gasteiger partial charge in [0.1, 0.15) is 6.10 Å². The number of hydrogen-bond acceptors (Lipinski definition) is 5. The van der Waals surface area contributed by atoms with Crippen molar-refractivity contribution in [3.63, 3.8) is 0 Å². The molecular formula is C8H13N3O2. The third-order valence-electron chi connectivity index (χ3n) is 1.71. The number of aliphatic hydroxyl groups is 2. The van der Waals surface area contributed by atoms with Crippen molar-refractivity contribution in [2.75, 3.05) is 12.3 Å². The minimum atomic E-state index is -1.08. The summed E-state index contributed by atoms with van der Waals surface area (Å²) in [5.74, 6) is 0. The molecule has 5 nitrogen and oxygen atoms in total. The minimum Gasteiger partial charge on any atom is -0.399 e. The second kappa shape index (κ2) is 4.18. The van der Waals surface area contributed by atoms with Crippen LogP contribution in [0.4, 0.5) is 5.69 Å². The molecule has 1 heterocycles. The van der Waals surface area contributed by atoms with E-state index in [-0.39, 0.29) is 6.54 Å². The fraction of sp³-hybridized carbons (Fsp3) is 0.375. The monoisotopic (exact) mass is 183 g/mol. The Morgan fingerprint density at radius 3 is 2.69 bits per heavy atom. The van der Waals surface area contributed by atoms with Crippen LogP contribution in [0.25, 0.3) is 0 Å². The summed E-state index contributed by atoms with van der Waals surface area (Å²) in [6, 6.07) is 3.11. The van der Waals surface area contributed by atoms with Crippen molar-refractivity contribution in [1.29, 1.82) is 0 Å². The average Bonchev–Trinajstić information content (AvgIpc) is 2.15. The van der Waals surface area contributed by atoms with Crippen LogP contribution in [0.1, 0.15) is 11.8 Å². The molecule has 72 valence electrons. The normalized spacial score (nSPS) is 15.3. The number of nitrogen functional groups attached to an aromatic ring is 1. The molecule has 0 spiro atoms. The van der Waals surface area contributed by atoms with Gasteiger partial charge in [0.05, 0.1) is 11.8 Å². The Labute approximate surface area is 76.0 Å². The van der Waals surface area contributed by atoms with Crippen LogP contribution in [0.5, 0.6) is 0 Å². The quantitative estimate of drug-likeness (QED) is 0.482. The standard InChI is InChI=1S/C8H13N3O2/c9-4-7(12)8(13)6-3-5(10)1-2-11-6/h1-3,7-8,12-13H,4,9H2,(H2,10,11). The SMILES string of the molecule is NCC(O)C(O)c1cc(N)ccn1. The number of rotatable bonds is 3. The van der Waals surface area contributed by atoms with Crippen LogP contribution in [0.2, 0.25) is 0 Å². The molecule has 2 unspecified atom stereocenters. The van der Waals surface area contributed by atoms with Crippen molar-refractivity contribution in [1.82, 2.24) is 4.98 Å². The van der Waals surface area contributed by atoms with Gasteiger partial charge in [-0.05, 0) is 12.1 Å². The molecule has 5 heteroatoms. The summed E-state index contributed by atoms with van der Waals surface area (Å²) in [5, 5.41) is 18.7. The summed E-state index contributed by atoms with van der Waals surface area (Å²) in [5.41, 5.74) is 11.5.